The number of anilines is 1. The molecule has 9 heteroatoms. The molecular formula is C16H15N7O2. The van der Waals surface area contributed by atoms with Crippen LogP contribution in [-0.4, -0.2) is 36.3 Å². The second-order valence-corrected chi connectivity index (χ2v) is 5.71. The first-order valence-electron chi connectivity index (χ1n) is 7.66. The lowest BCUT2D eigenvalue weighted by Crippen LogP contribution is -2.11. The third-order valence-corrected chi connectivity index (χ3v) is 3.97. The van der Waals surface area contributed by atoms with E-state index < -0.39 is 0 Å². The fourth-order valence-corrected chi connectivity index (χ4v) is 2.59. The summed E-state index contributed by atoms with van der Waals surface area (Å²) in [5, 5.41) is 21.5. The minimum absolute atomic E-state index is 0.234. The van der Waals surface area contributed by atoms with Crippen molar-refractivity contribution in [1.29, 1.82) is 0 Å². The number of H-pyrrole nitrogens is 1. The van der Waals surface area contributed by atoms with Crippen LogP contribution in [0.1, 0.15) is 27.4 Å². The van der Waals surface area contributed by atoms with Crippen LogP contribution in [0.4, 0.5) is 5.69 Å². The average Bonchev–Trinajstić information content (AvgIpc) is 3.31. The molecule has 0 unspecified atom stereocenters. The molecule has 3 aromatic heterocycles. The van der Waals surface area contributed by atoms with E-state index in [1.165, 1.54) is 0 Å². The van der Waals surface area contributed by atoms with Crippen LogP contribution in [0.2, 0.25) is 0 Å². The summed E-state index contributed by atoms with van der Waals surface area (Å²) in [4.78, 5) is 12.4. The molecule has 2 N–H and O–H groups in total. The highest BCUT2D eigenvalue weighted by Gasteiger charge is 2.12. The van der Waals surface area contributed by atoms with Crippen LogP contribution in [-0.2, 0) is 6.54 Å². The number of aromatic amines is 1. The van der Waals surface area contributed by atoms with Crippen molar-refractivity contribution in [3.05, 3.63) is 53.2 Å². The highest BCUT2D eigenvalue weighted by Crippen LogP contribution is 2.16. The number of carbonyl (C=O) groups is 1. The molecule has 1 amide bonds. The Morgan fingerprint density at radius 2 is 2.12 bits per heavy atom. The van der Waals surface area contributed by atoms with E-state index in [4.69, 9.17) is 4.52 Å². The van der Waals surface area contributed by atoms with Gasteiger partial charge in [0.25, 0.3) is 5.91 Å². The molecule has 1 aromatic carbocycles. The molecule has 3 heterocycles. The van der Waals surface area contributed by atoms with Crippen molar-refractivity contribution in [3.8, 4) is 0 Å². The highest BCUT2D eigenvalue weighted by molar-refractivity contribution is 6.05. The topological polar surface area (TPSA) is 115 Å². The SMILES string of the molecule is Cc1noc(C)c1Cn1cc(NC(=O)c2ccc3n[nH]nc3c2)cn1. The van der Waals surface area contributed by atoms with Gasteiger partial charge < -0.3 is 9.84 Å². The summed E-state index contributed by atoms with van der Waals surface area (Å²) >= 11 is 0. The zero-order valence-electron chi connectivity index (χ0n) is 13.6. The van der Waals surface area contributed by atoms with Crippen LogP contribution in [0.25, 0.3) is 11.0 Å². The molecule has 0 atom stereocenters. The van der Waals surface area contributed by atoms with Crippen molar-refractivity contribution in [2.75, 3.05) is 5.32 Å². The molecule has 0 aliphatic heterocycles. The summed E-state index contributed by atoms with van der Waals surface area (Å²) in [6.45, 7) is 4.28. The maximum Gasteiger partial charge on any atom is 0.255 e. The third-order valence-electron chi connectivity index (χ3n) is 3.97. The van der Waals surface area contributed by atoms with Gasteiger partial charge >= 0.3 is 0 Å². The largest absolute Gasteiger partial charge is 0.361 e. The number of rotatable bonds is 4. The first-order valence-corrected chi connectivity index (χ1v) is 7.66. The fourth-order valence-electron chi connectivity index (χ4n) is 2.59. The number of hydrogen-bond donors (Lipinski definition) is 2. The second-order valence-electron chi connectivity index (χ2n) is 5.71. The first kappa shape index (κ1) is 15.1. The molecule has 0 bridgehead atoms. The van der Waals surface area contributed by atoms with Gasteiger partial charge in [0.1, 0.15) is 16.8 Å². The molecule has 0 saturated heterocycles. The average molecular weight is 337 g/mol. The van der Waals surface area contributed by atoms with Crippen molar-refractivity contribution in [3.63, 3.8) is 0 Å². The monoisotopic (exact) mass is 337 g/mol. The summed E-state index contributed by atoms with van der Waals surface area (Å²) in [5.41, 5.74) is 4.28. The lowest BCUT2D eigenvalue weighted by Gasteiger charge is -2.02. The third kappa shape index (κ3) is 2.87. The fraction of sp³-hybridized carbons (Fsp3) is 0.188. The Kier molecular flexibility index (Phi) is 3.53. The number of carbonyl (C=O) groups excluding carboxylic acids is 1. The number of amides is 1. The number of aromatic nitrogens is 6. The van der Waals surface area contributed by atoms with E-state index in [1.54, 1.807) is 35.3 Å². The molecule has 126 valence electrons. The number of nitrogens with zero attached hydrogens (tertiary/aromatic N) is 5. The standard InChI is InChI=1S/C16H15N7O2/c1-9-13(10(2)25-21-9)8-23-7-12(6-17-23)18-16(24)11-3-4-14-15(5-11)20-22-19-14/h3-7H,8H2,1-2H3,(H,18,24)(H,19,20,22). The summed E-state index contributed by atoms with van der Waals surface area (Å²) in [6.07, 6.45) is 3.36. The van der Waals surface area contributed by atoms with Gasteiger partial charge in [0.2, 0.25) is 0 Å². The molecule has 9 nitrogen and oxygen atoms in total. The highest BCUT2D eigenvalue weighted by atomic mass is 16.5. The Labute approximate surface area is 142 Å². The van der Waals surface area contributed by atoms with Gasteiger partial charge in [-0.3, -0.25) is 9.48 Å². The molecule has 0 aliphatic rings. The quantitative estimate of drug-likeness (QED) is 0.589. The number of fused-ring (bicyclic) bond motifs is 1. The van der Waals surface area contributed by atoms with Gasteiger partial charge in [-0.25, -0.2) is 0 Å². The number of aryl methyl sites for hydroxylation is 2. The van der Waals surface area contributed by atoms with Crippen LogP contribution in [0.15, 0.2) is 35.1 Å². The predicted octanol–water partition coefficient (Wildman–Crippen LogP) is 2.06. The van der Waals surface area contributed by atoms with E-state index >= 15 is 0 Å². The van der Waals surface area contributed by atoms with E-state index in [2.05, 4.69) is 31.0 Å². The van der Waals surface area contributed by atoms with Crippen molar-refractivity contribution >= 4 is 22.6 Å². The number of nitrogens with one attached hydrogen (secondary N) is 2. The Balaban J connectivity index is 1.49. The Hall–Kier alpha value is -3.49. The molecule has 0 radical (unpaired) electrons. The van der Waals surface area contributed by atoms with E-state index in [0.29, 0.717) is 28.8 Å². The molecule has 0 fully saturated rings. The molecule has 0 aliphatic carbocycles. The maximum absolute atomic E-state index is 12.4. The molecule has 0 spiro atoms. The normalized spacial score (nSPS) is 11.1. The zero-order chi connectivity index (χ0) is 17.4. The zero-order valence-corrected chi connectivity index (χ0v) is 13.6. The van der Waals surface area contributed by atoms with E-state index in [0.717, 1.165) is 17.0 Å². The van der Waals surface area contributed by atoms with Crippen LogP contribution < -0.4 is 5.32 Å². The lowest BCUT2D eigenvalue weighted by molar-refractivity contribution is 0.102. The molecular weight excluding hydrogens is 322 g/mol. The van der Waals surface area contributed by atoms with Crippen molar-refractivity contribution in [2.45, 2.75) is 20.4 Å². The van der Waals surface area contributed by atoms with Crippen LogP contribution >= 0.6 is 0 Å². The van der Waals surface area contributed by atoms with Gasteiger partial charge in [-0.1, -0.05) is 5.16 Å². The maximum atomic E-state index is 12.4. The van der Waals surface area contributed by atoms with E-state index in [1.807, 2.05) is 13.8 Å². The van der Waals surface area contributed by atoms with Gasteiger partial charge in [0.15, 0.2) is 0 Å². The van der Waals surface area contributed by atoms with Crippen molar-refractivity contribution in [1.82, 2.24) is 30.3 Å². The van der Waals surface area contributed by atoms with Crippen LogP contribution in [0.5, 0.6) is 0 Å². The Morgan fingerprint density at radius 3 is 2.92 bits per heavy atom. The molecule has 4 aromatic rings. The summed E-state index contributed by atoms with van der Waals surface area (Å²) in [5.74, 6) is 0.529. The molecule has 25 heavy (non-hydrogen) atoms. The predicted molar refractivity (Wildman–Crippen MR) is 89.1 cm³/mol. The van der Waals surface area contributed by atoms with Gasteiger partial charge in [-0.2, -0.15) is 20.5 Å². The first-order chi connectivity index (χ1) is 12.1. The smallest absolute Gasteiger partial charge is 0.255 e. The number of benzene rings is 1. The van der Waals surface area contributed by atoms with E-state index in [9.17, 15) is 4.79 Å². The van der Waals surface area contributed by atoms with Crippen LogP contribution in [0, 0.1) is 13.8 Å². The minimum atomic E-state index is -0.234. The molecule has 0 saturated carbocycles. The number of hydrogen-bond acceptors (Lipinski definition) is 6. The molecule has 4 rings (SSSR count). The Morgan fingerprint density at radius 1 is 1.28 bits per heavy atom. The summed E-state index contributed by atoms with van der Waals surface area (Å²) in [6, 6.07) is 5.13. The van der Waals surface area contributed by atoms with Gasteiger partial charge in [-0.15, -0.1) is 0 Å². The van der Waals surface area contributed by atoms with Crippen molar-refractivity contribution in [2.24, 2.45) is 0 Å². The minimum Gasteiger partial charge on any atom is -0.361 e. The van der Waals surface area contributed by atoms with E-state index in [-0.39, 0.29) is 5.91 Å². The van der Waals surface area contributed by atoms with Gasteiger partial charge in [0, 0.05) is 17.3 Å². The summed E-state index contributed by atoms with van der Waals surface area (Å²) < 4.78 is 6.88. The summed E-state index contributed by atoms with van der Waals surface area (Å²) in [7, 11) is 0. The van der Waals surface area contributed by atoms with Crippen LogP contribution in [0.3, 0.4) is 0 Å². The second kappa shape index (κ2) is 5.86. The van der Waals surface area contributed by atoms with Gasteiger partial charge in [0.05, 0.1) is 24.1 Å². The Bertz CT molecular complexity index is 1040. The van der Waals surface area contributed by atoms with Crippen molar-refractivity contribution < 1.29 is 9.32 Å². The lowest BCUT2D eigenvalue weighted by atomic mass is 10.2. The van der Waals surface area contributed by atoms with Gasteiger partial charge in [-0.05, 0) is 32.0 Å².